The molecule has 15 heavy (non-hydrogen) atoms. The lowest BCUT2D eigenvalue weighted by molar-refractivity contribution is 1.53. The van der Waals surface area contributed by atoms with Crippen LogP contribution in [0, 0.1) is 11.3 Å². The SMILES string of the molecule is N#CC=CC(=S)Nc1ccc(Cl)c(Cl)c1. The van der Waals surface area contributed by atoms with Gasteiger partial charge in [0.05, 0.1) is 16.1 Å². The van der Waals surface area contributed by atoms with Crippen molar-refractivity contribution in [1.82, 2.24) is 0 Å². The molecule has 5 heteroatoms. The molecule has 0 heterocycles. The van der Waals surface area contributed by atoms with Crippen LogP contribution in [0.4, 0.5) is 5.69 Å². The molecule has 1 aromatic carbocycles. The number of nitriles is 1. The number of hydrogen-bond acceptors (Lipinski definition) is 2. The minimum absolute atomic E-state index is 0.440. The highest BCUT2D eigenvalue weighted by Gasteiger charge is 1.99. The van der Waals surface area contributed by atoms with Gasteiger partial charge in [0, 0.05) is 11.8 Å². The van der Waals surface area contributed by atoms with E-state index in [0.717, 1.165) is 5.69 Å². The van der Waals surface area contributed by atoms with Gasteiger partial charge in [-0.15, -0.1) is 0 Å². The Bertz CT molecular complexity index is 449. The van der Waals surface area contributed by atoms with Crippen LogP contribution < -0.4 is 5.32 Å². The van der Waals surface area contributed by atoms with Crippen LogP contribution in [0.2, 0.25) is 10.0 Å². The molecule has 0 spiro atoms. The minimum Gasteiger partial charge on any atom is -0.347 e. The van der Waals surface area contributed by atoms with E-state index >= 15 is 0 Å². The number of rotatable bonds is 2. The van der Waals surface area contributed by atoms with Gasteiger partial charge < -0.3 is 5.32 Å². The third kappa shape index (κ3) is 3.88. The summed E-state index contributed by atoms with van der Waals surface area (Å²) in [7, 11) is 0. The van der Waals surface area contributed by atoms with Crippen LogP contribution in [0.25, 0.3) is 0 Å². The summed E-state index contributed by atoms with van der Waals surface area (Å²) in [5.41, 5.74) is 0.733. The first kappa shape index (κ1) is 12.0. The first-order valence-corrected chi connectivity index (χ1v) is 5.12. The molecule has 0 saturated carbocycles. The number of halogens is 2. The number of benzene rings is 1. The van der Waals surface area contributed by atoms with Crippen molar-refractivity contribution < 1.29 is 0 Å². The molecule has 0 amide bonds. The Morgan fingerprint density at radius 2 is 2.13 bits per heavy atom. The van der Waals surface area contributed by atoms with Gasteiger partial charge in [0.1, 0.15) is 4.99 Å². The van der Waals surface area contributed by atoms with Crippen LogP contribution in [-0.4, -0.2) is 4.99 Å². The molecule has 0 radical (unpaired) electrons. The molecule has 0 aliphatic heterocycles. The first-order valence-electron chi connectivity index (χ1n) is 3.95. The second-order valence-electron chi connectivity index (χ2n) is 2.58. The second-order valence-corrected chi connectivity index (χ2v) is 3.83. The van der Waals surface area contributed by atoms with Crippen molar-refractivity contribution in [3.05, 3.63) is 40.4 Å². The van der Waals surface area contributed by atoms with Crippen molar-refractivity contribution in [2.45, 2.75) is 0 Å². The van der Waals surface area contributed by atoms with Crippen LogP contribution in [0.15, 0.2) is 30.4 Å². The van der Waals surface area contributed by atoms with E-state index in [9.17, 15) is 0 Å². The zero-order valence-electron chi connectivity index (χ0n) is 7.50. The lowest BCUT2D eigenvalue weighted by Crippen LogP contribution is -2.04. The van der Waals surface area contributed by atoms with Crippen molar-refractivity contribution >= 4 is 46.1 Å². The number of allylic oxidation sites excluding steroid dienone is 1. The summed E-state index contributed by atoms with van der Waals surface area (Å²) in [6.07, 6.45) is 2.80. The van der Waals surface area contributed by atoms with Gasteiger partial charge in [0.2, 0.25) is 0 Å². The van der Waals surface area contributed by atoms with Gasteiger partial charge in [0.15, 0.2) is 0 Å². The Morgan fingerprint density at radius 3 is 2.73 bits per heavy atom. The van der Waals surface area contributed by atoms with Crippen LogP contribution >= 0.6 is 35.4 Å². The fraction of sp³-hybridized carbons (Fsp3) is 0. The maximum absolute atomic E-state index is 8.30. The maximum atomic E-state index is 8.30. The molecule has 2 nitrogen and oxygen atoms in total. The fourth-order valence-electron chi connectivity index (χ4n) is 0.871. The van der Waals surface area contributed by atoms with Crippen LogP contribution in [-0.2, 0) is 0 Å². The standard InChI is InChI=1S/C10H6Cl2N2S/c11-8-4-3-7(6-9(8)12)14-10(15)2-1-5-13/h1-4,6H,(H,14,15). The zero-order valence-corrected chi connectivity index (χ0v) is 9.83. The monoisotopic (exact) mass is 256 g/mol. The fourth-order valence-corrected chi connectivity index (χ4v) is 1.35. The van der Waals surface area contributed by atoms with Gasteiger partial charge in [-0.05, 0) is 24.3 Å². The molecule has 0 aliphatic rings. The first-order chi connectivity index (χ1) is 7.13. The van der Waals surface area contributed by atoms with E-state index in [2.05, 4.69) is 5.32 Å². The summed E-state index contributed by atoms with van der Waals surface area (Å²) >= 11 is 16.5. The summed E-state index contributed by atoms with van der Waals surface area (Å²) in [5, 5.41) is 12.1. The van der Waals surface area contributed by atoms with E-state index in [1.807, 2.05) is 6.07 Å². The van der Waals surface area contributed by atoms with E-state index in [0.29, 0.717) is 15.0 Å². The molecule has 0 fully saturated rings. The average Bonchev–Trinajstić information content (AvgIpc) is 2.20. The summed E-state index contributed by atoms with van der Waals surface area (Å²) in [4.78, 5) is 0.440. The van der Waals surface area contributed by atoms with Crippen LogP contribution in [0.5, 0.6) is 0 Å². The summed E-state index contributed by atoms with van der Waals surface area (Å²) in [5.74, 6) is 0. The molecule has 0 bridgehead atoms. The molecule has 0 aliphatic carbocycles. The van der Waals surface area contributed by atoms with Crippen molar-refractivity contribution in [2.75, 3.05) is 5.32 Å². The molecule has 76 valence electrons. The molecule has 1 N–H and O–H groups in total. The Kier molecular flexibility index (Phi) is 4.57. The van der Waals surface area contributed by atoms with Gasteiger partial charge >= 0.3 is 0 Å². The van der Waals surface area contributed by atoms with Crippen molar-refractivity contribution in [3.8, 4) is 6.07 Å². The molecule has 0 saturated heterocycles. The Morgan fingerprint density at radius 1 is 1.40 bits per heavy atom. The zero-order chi connectivity index (χ0) is 11.3. The Balaban J connectivity index is 2.74. The lowest BCUT2D eigenvalue weighted by Gasteiger charge is -2.04. The number of nitrogens with one attached hydrogen (secondary N) is 1. The van der Waals surface area contributed by atoms with Gasteiger partial charge in [-0.1, -0.05) is 35.4 Å². The van der Waals surface area contributed by atoms with E-state index in [4.69, 9.17) is 40.7 Å². The maximum Gasteiger partial charge on any atom is 0.104 e. The molecule has 1 rings (SSSR count). The predicted octanol–water partition coefficient (Wildman–Crippen LogP) is 3.81. The molecule has 1 aromatic rings. The van der Waals surface area contributed by atoms with Gasteiger partial charge in [-0.2, -0.15) is 5.26 Å². The number of thiocarbonyl (C=S) groups is 1. The number of anilines is 1. The van der Waals surface area contributed by atoms with Crippen LogP contribution in [0.3, 0.4) is 0 Å². The third-order valence-corrected chi connectivity index (χ3v) is 2.47. The normalized spacial score (nSPS) is 9.93. The van der Waals surface area contributed by atoms with Crippen molar-refractivity contribution in [1.29, 1.82) is 5.26 Å². The molecular weight excluding hydrogens is 251 g/mol. The highest BCUT2D eigenvalue weighted by atomic mass is 35.5. The van der Waals surface area contributed by atoms with Gasteiger partial charge in [0.25, 0.3) is 0 Å². The van der Waals surface area contributed by atoms with E-state index < -0.39 is 0 Å². The number of nitrogens with zero attached hydrogens (tertiary/aromatic N) is 1. The summed E-state index contributed by atoms with van der Waals surface area (Å²) in [6.45, 7) is 0. The quantitative estimate of drug-likeness (QED) is 0.497. The lowest BCUT2D eigenvalue weighted by atomic mass is 10.3. The minimum atomic E-state index is 0.440. The Labute approximate surface area is 103 Å². The van der Waals surface area contributed by atoms with Crippen molar-refractivity contribution in [3.63, 3.8) is 0 Å². The molecule has 0 aromatic heterocycles. The summed E-state index contributed by atoms with van der Waals surface area (Å²) < 4.78 is 0. The average molecular weight is 257 g/mol. The predicted molar refractivity (Wildman–Crippen MR) is 67.4 cm³/mol. The van der Waals surface area contributed by atoms with Gasteiger partial charge in [-0.25, -0.2) is 0 Å². The van der Waals surface area contributed by atoms with E-state index in [1.165, 1.54) is 12.2 Å². The highest BCUT2D eigenvalue weighted by molar-refractivity contribution is 7.81. The van der Waals surface area contributed by atoms with Crippen molar-refractivity contribution in [2.24, 2.45) is 0 Å². The largest absolute Gasteiger partial charge is 0.347 e. The van der Waals surface area contributed by atoms with E-state index in [1.54, 1.807) is 18.2 Å². The Hall–Kier alpha value is -1.08. The van der Waals surface area contributed by atoms with Crippen LogP contribution in [0.1, 0.15) is 0 Å². The summed E-state index contributed by atoms with van der Waals surface area (Å²) in [6, 6.07) is 6.93. The molecular formula is C10H6Cl2N2S. The number of hydrogen-bond donors (Lipinski definition) is 1. The second kappa shape index (κ2) is 5.72. The third-order valence-electron chi connectivity index (χ3n) is 1.50. The topological polar surface area (TPSA) is 35.8 Å². The van der Waals surface area contributed by atoms with Gasteiger partial charge in [-0.3, -0.25) is 0 Å². The molecule has 0 atom stereocenters. The smallest absolute Gasteiger partial charge is 0.104 e. The van der Waals surface area contributed by atoms with E-state index in [-0.39, 0.29) is 0 Å². The highest BCUT2D eigenvalue weighted by Crippen LogP contribution is 2.24. The molecule has 0 unspecified atom stereocenters.